The summed E-state index contributed by atoms with van der Waals surface area (Å²) in [6.45, 7) is 5.92. The Hall–Kier alpha value is -2.27. The monoisotopic (exact) mass is 340 g/mol. The molecule has 124 valence electrons. The molecular weight excluding hydrogens is 320 g/mol. The van der Waals surface area contributed by atoms with Crippen molar-refractivity contribution < 1.29 is 9.59 Å². The van der Waals surface area contributed by atoms with E-state index in [2.05, 4.69) is 13.0 Å². The number of rotatable bonds is 4. The van der Waals surface area contributed by atoms with E-state index in [1.54, 1.807) is 6.08 Å². The van der Waals surface area contributed by atoms with Gasteiger partial charge in [-0.2, -0.15) is 0 Å². The highest BCUT2D eigenvalue weighted by Crippen LogP contribution is 2.34. The van der Waals surface area contributed by atoms with Gasteiger partial charge in [0.05, 0.1) is 4.91 Å². The first-order chi connectivity index (χ1) is 11.5. The molecule has 1 aromatic carbocycles. The highest BCUT2D eigenvalue weighted by Gasteiger charge is 2.37. The van der Waals surface area contributed by atoms with Gasteiger partial charge >= 0.3 is 0 Å². The molecule has 1 atom stereocenters. The van der Waals surface area contributed by atoms with E-state index in [-0.39, 0.29) is 17.2 Å². The molecule has 1 aliphatic rings. The van der Waals surface area contributed by atoms with E-state index in [4.69, 9.17) is 0 Å². The minimum absolute atomic E-state index is 0.0773. The summed E-state index contributed by atoms with van der Waals surface area (Å²) >= 11 is 1.02. The van der Waals surface area contributed by atoms with Crippen LogP contribution in [0.4, 0.5) is 4.79 Å². The molecule has 1 aromatic heterocycles. The van der Waals surface area contributed by atoms with Crippen LogP contribution in [-0.4, -0.2) is 26.7 Å². The Balaban J connectivity index is 1.97. The predicted octanol–water partition coefficient (Wildman–Crippen LogP) is 4.62. The number of amides is 2. The van der Waals surface area contributed by atoms with Crippen LogP contribution in [0, 0.1) is 6.92 Å². The van der Waals surface area contributed by atoms with Crippen molar-refractivity contribution in [1.29, 1.82) is 0 Å². The van der Waals surface area contributed by atoms with Crippen LogP contribution >= 0.6 is 11.8 Å². The molecule has 1 saturated heterocycles. The van der Waals surface area contributed by atoms with E-state index in [0.717, 1.165) is 35.1 Å². The number of aromatic nitrogens is 1. The molecule has 1 fully saturated rings. The van der Waals surface area contributed by atoms with Crippen LogP contribution in [0.3, 0.4) is 0 Å². The van der Waals surface area contributed by atoms with E-state index >= 15 is 0 Å². The molecule has 3 rings (SSSR count). The van der Waals surface area contributed by atoms with Gasteiger partial charge in [-0.1, -0.05) is 25.1 Å². The number of benzene rings is 1. The molecule has 24 heavy (non-hydrogen) atoms. The molecule has 0 N–H and O–H groups in total. The number of carbonyl (C=O) groups is 2. The van der Waals surface area contributed by atoms with Crippen molar-refractivity contribution in [3.8, 4) is 5.69 Å². The van der Waals surface area contributed by atoms with E-state index in [9.17, 15) is 9.59 Å². The van der Waals surface area contributed by atoms with Crippen LogP contribution in [0.2, 0.25) is 0 Å². The third-order valence-electron chi connectivity index (χ3n) is 4.29. The summed E-state index contributed by atoms with van der Waals surface area (Å²) in [6, 6.07) is 11.9. The first kappa shape index (κ1) is 16.6. The molecule has 0 radical (unpaired) electrons. The molecule has 5 heteroatoms. The van der Waals surface area contributed by atoms with Gasteiger partial charge in [0, 0.05) is 23.6 Å². The molecule has 2 aromatic rings. The van der Waals surface area contributed by atoms with Gasteiger partial charge in [-0.3, -0.25) is 14.5 Å². The minimum Gasteiger partial charge on any atom is -0.317 e. The standard InChI is InChI=1S/C19H20N2O2S/c1-4-14(3)21-18(22)17(24-19(21)23)12-15-9-7-11-20(15)16-10-6-5-8-13(16)2/h5-12,14H,4H2,1-3H3/b17-12+/t14-/m1/s1. The second-order valence-corrected chi connectivity index (χ2v) is 6.89. The van der Waals surface area contributed by atoms with Crippen LogP contribution in [0.25, 0.3) is 11.8 Å². The van der Waals surface area contributed by atoms with Crippen LogP contribution in [0.5, 0.6) is 0 Å². The fourth-order valence-electron chi connectivity index (χ4n) is 2.74. The lowest BCUT2D eigenvalue weighted by Crippen LogP contribution is -2.36. The van der Waals surface area contributed by atoms with Crippen molar-refractivity contribution in [2.24, 2.45) is 0 Å². The Labute approximate surface area is 146 Å². The summed E-state index contributed by atoms with van der Waals surface area (Å²) in [4.78, 5) is 26.6. The van der Waals surface area contributed by atoms with Gasteiger partial charge in [0.25, 0.3) is 11.1 Å². The average molecular weight is 340 g/mol. The Kier molecular flexibility index (Phi) is 4.62. The van der Waals surface area contributed by atoms with Crippen LogP contribution < -0.4 is 0 Å². The second kappa shape index (κ2) is 6.69. The van der Waals surface area contributed by atoms with Gasteiger partial charge in [0.15, 0.2) is 0 Å². The predicted molar refractivity (Wildman–Crippen MR) is 98.1 cm³/mol. The maximum atomic E-state index is 12.6. The van der Waals surface area contributed by atoms with Gasteiger partial charge in [-0.05, 0) is 61.9 Å². The van der Waals surface area contributed by atoms with Gasteiger partial charge < -0.3 is 4.57 Å². The van der Waals surface area contributed by atoms with E-state index in [0.29, 0.717) is 4.91 Å². The zero-order chi connectivity index (χ0) is 17.3. The number of imide groups is 1. The van der Waals surface area contributed by atoms with Gasteiger partial charge in [-0.15, -0.1) is 0 Å². The zero-order valence-corrected chi connectivity index (χ0v) is 14.8. The number of carbonyl (C=O) groups excluding carboxylic acids is 2. The van der Waals surface area contributed by atoms with E-state index in [1.165, 1.54) is 4.90 Å². The maximum absolute atomic E-state index is 12.6. The van der Waals surface area contributed by atoms with Gasteiger partial charge in [0.1, 0.15) is 0 Å². The van der Waals surface area contributed by atoms with Crippen molar-refractivity contribution in [3.05, 3.63) is 58.8 Å². The van der Waals surface area contributed by atoms with E-state index < -0.39 is 0 Å². The largest absolute Gasteiger partial charge is 0.317 e. The van der Waals surface area contributed by atoms with Crippen molar-refractivity contribution in [3.63, 3.8) is 0 Å². The third-order valence-corrected chi connectivity index (χ3v) is 5.17. The Morgan fingerprint density at radius 2 is 1.92 bits per heavy atom. The van der Waals surface area contributed by atoms with Gasteiger partial charge in [-0.25, -0.2) is 0 Å². The molecule has 2 heterocycles. The zero-order valence-electron chi connectivity index (χ0n) is 14.0. The summed E-state index contributed by atoms with van der Waals surface area (Å²) in [7, 11) is 0. The molecule has 0 aliphatic carbocycles. The number of thioether (sulfide) groups is 1. The third kappa shape index (κ3) is 2.91. The molecular formula is C19H20N2O2S. The summed E-state index contributed by atoms with van der Waals surface area (Å²) in [6.07, 6.45) is 4.53. The first-order valence-corrected chi connectivity index (χ1v) is 8.85. The minimum atomic E-state index is -0.197. The smallest absolute Gasteiger partial charge is 0.293 e. The lowest BCUT2D eigenvalue weighted by atomic mass is 10.2. The number of hydrogen-bond donors (Lipinski definition) is 0. The molecule has 2 amide bonds. The van der Waals surface area contributed by atoms with Crippen LogP contribution in [-0.2, 0) is 4.79 Å². The summed E-state index contributed by atoms with van der Waals surface area (Å²) in [5, 5.41) is -0.186. The maximum Gasteiger partial charge on any atom is 0.293 e. The molecule has 0 bridgehead atoms. The Morgan fingerprint density at radius 1 is 1.17 bits per heavy atom. The van der Waals surface area contributed by atoms with Crippen LogP contribution in [0.1, 0.15) is 31.5 Å². The molecule has 0 unspecified atom stereocenters. The lowest BCUT2D eigenvalue weighted by molar-refractivity contribution is -0.124. The molecule has 1 aliphatic heterocycles. The SMILES string of the molecule is CC[C@@H](C)N1C(=O)S/C(=C/c2cccn2-c2ccccc2C)C1=O. The summed E-state index contributed by atoms with van der Waals surface area (Å²) in [5.41, 5.74) is 3.10. The van der Waals surface area contributed by atoms with Crippen molar-refractivity contribution in [2.75, 3.05) is 0 Å². The number of aryl methyl sites for hydroxylation is 1. The normalized spacial score (nSPS) is 17.8. The summed E-state index contributed by atoms with van der Waals surface area (Å²) in [5.74, 6) is -0.197. The topological polar surface area (TPSA) is 42.3 Å². The second-order valence-electron chi connectivity index (χ2n) is 5.90. The average Bonchev–Trinajstić information content (AvgIpc) is 3.12. The van der Waals surface area contributed by atoms with Crippen molar-refractivity contribution in [1.82, 2.24) is 9.47 Å². The van der Waals surface area contributed by atoms with Gasteiger partial charge in [0.2, 0.25) is 0 Å². The number of nitrogens with zero attached hydrogens (tertiary/aromatic N) is 2. The highest BCUT2D eigenvalue weighted by atomic mass is 32.2. The lowest BCUT2D eigenvalue weighted by Gasteiger charge is -2.19. The number of para-hydroxylation sites is 1. The Bertz CT molecular complexity index is 822. The van der Waals surface area contributed by atoms with E-state index in [1.807, 2.05) is 54.9 Å². The van der Waals surface area contributed by atoms with Crippen molar-refractivity contribution in [2.45, 2.75) is 33.2 Å². The molecule has 0 spiro atoms. The first-order valence-electron chi connectivity index (χ1n) is 8.03. The Morgan fingerprint density at radius 3 is 2.62 bits per heavy atom. The highest BCUT2D eigenvalue weighted by molar-refractivity contribution is 8.18. The van der Waals surface area contributed by atoms with Crippen LogP contribution in [0.15, 0.2) is 47.5 Å². The fourth-order valence-corrected chi connectivity index (χ4v) is 3.66. The summed E-state index contributed by atoms with van der Waals surface area (Å²) < 4.78 is 2.03. The fraction of sp³-hybridized carbons (Fsp3) is 0.263. The quantitative estimate of drug-likeness (QED) is 0.763. The van der Waals surface area contributed by atoms with Crippen molar-refractivity contribution >= 4 is 29.0 Å². The molecule has 4 nitrogen and oxygen atoms in total. The molecule has 0 saturated carbocycles. The number of hydrogen-bond acceptors (Lipinski definition) is 3.